The normalized spacial score (nSPS) is 16.2. The first-order valence-electron chi connectivity index (χ1n) is 20.6. The van der Waals surface area contributed by atoms with E-state index in [0.29, 0.717) is 0 Å². The van der Waals surface area contributed by atoms with E-state index in [-0.39, 0.29) is 21.7 Å². The number of rotatable bonds is 3. The van der Waals surface area contributed by atoms with Crippen molar-refractivity contribution in [1.29, 1.82) is 0 Å². The Hall–Kier alpha value is -5.44. The third-order valence-electron chi connectivity index (χ3n) is 14.0. The van der Waals surface area contributed by atoms with Gasteiger partial charge < -0.3 is 4.90 Å². The standard InChI is InChI=1S/C55H49NS/c1-52(2,3)32-21-27-47-39(29-32)49-48(57-47)28-26-43-51(49)50-42(55(43,8)9)19-14-20-46(50)56(33-22-24-37-35-15-10-12-17-40(35)53(4,5)44(37)30-33)34-23-25-38-36-16-11-13-18-41(36)54(6,7)45(38)31-34/h10-31H,1-9H3. The fourth-order valence-electron chi connectivity index (χ4n) is 10.9. The van der Waals surface area contributed by atoms with Crippen LogP contribution in [-0.4, -0.2) is 0 Å². The minimum Gasteiger partial charge on any atom is -0.310 e. The van der Waals surface area contributed by atoms with Crippen LogP contribution in [0, 0.1) is 0 Å². The van der Waals surface area contributed by atoms with Crippen molar-refractivity contribution in [3.63, 3.8) is 0 Å². The Labute approximate surface area is 341 Å². The molecular weight excluding hydrogens is 707 g/mol. The Bertz CT molecular complexity index is 2930. The lowest BCUT2D eigenvalue weighted by molar-refractivity contribution is 0.591. The first-order chi connectivity index (χ1) is 27.2. The number of hydrogen-bond acceptors (Lipinski definition) is 2. The Morgan fingerprint density at radius 2 is 0.947 bits per heavy atom. The summed E-state index contributed by atoms with van der Waals surface area (Å²) in [4.78, 5) is 2.59. The van der Waals surface area contributed by atoms with Crippen molar-refractivity contribution in [2.24, 2.45) is 0 Å². The van der Waals surface area contributed by atoms with Crippen LogP contribution < -0.4 is 4.90 Å². The largest absolute Gasteiger partial charge is 0.310 e. The summed E-state index contributed by atoms with van der Waals surface area (Å²) in [6.07, 6.45) is 0. The number of benzene rings is 7. The fourth-order valence-corrected chi connectivity index (χ4v) is 12.0. The van der Waals surface area contributed by atoms with Gasteiger partial charge in [0.15, 0.2) is 0 Å². The number of hydrogen-bond donors (Lipinski definition) is 0. The maximum atomic E-state index is 2.59. The van der Waals surface area contributed by atoms with Gasteiger partial charge in [0.25, 0.3) is 0 Å². The fraction of sp³-hybridized carbons (Fsp3) is 0.236. The van der Waals surface area contributed by atoms with E-state index in [1.165, 1.54) is 110 Å². The van der Waals surface area contributed by atoms with Gasteiger partial charge in [-0.1, -0.05) is 147 Å². The topological polar surface area (TPSA) is 3.24 Å². The summed E-state index contributed by atoms with van der Waals surface area (Å²) in [5.41, 5.74) is 21.2. The third-order valence-corrected chi connectivity index (χ3v) is 15.2. The van der Waals surface area contributed by atoms with E-state index in [1.807, 2.05) is 11.3 Å². The highest BCUT2D eigenvalue weighted by molar-refractivity contribution is 7.26. The van der Waals surface area contributed by atoms with Gasteiger partial charge in [-0.2, -0.15) is 0 Å². The molecule has 0 aliphatic heterocycles. The van der Waals surface area contributed by atoms with Crippen LogP contribution >= 0.6 is 11.3 Å². The lowest BCUT2D eigenvalue weighted by atomic mass is 9.81. The van der Waals surface area contributed by atoms with E-state index in [2.05, 4.69) is 201 Å². The van der Waals surface area contributed by atoms with Crippen molar-refractivity contribution in [1.82, 2.24) is 0 Å². The summed E-state index contributed by atoms with van der Waals surface area (Å²) in [7, 11) is 0. The molecule has 8 aromatic rings. The molecule has 0 amide bonds. The van der Waals surface area contributed by atoms with E-state index >= 15 is 0 Å². The molecule has 1 nitrogen and oxygen atoms in total. The van der Waals surface area contributed by atoms with Crippen LogP contribution in [-0.2, 0) is 21.7 Å². The molecule has 0 radical (unpaired) electrons. The van der Waals surface area contributed by atoms with Crippen LogP contribution in [0.5, 0.6) is 0 Å². The van der Waals surface area contributed by atoms with E-state index in [1.54, 1.807) is 0 Å². The van der Waals surface area contributed by atoms with Crippen LogP contribution in [0.2, 0.25) is 0 Å². The van der Waals surface area contributed by atoms with Gasteiger partial charge in [0.1, 0.15) is 0 Å². The molecule has 0 atom stereocenters. The number of nitrogens with zero attached hydrogens (tertiary/aromatic N) is 1. The van der Waals surface area contributed by atoms with E-state index in [4.69, 9.17) is 0 Å². The molecule has 0 spiro atoms. The maximum Gasteiger partial charge on any atom is 0.0543 e. The van der Waals surface area contributed by atoms with Gasteiger partial charge in [0, 0.05) is 53.4 Å². The Balaban J connectivity index is 1.21. The Morgan fingerprint density at radius 1 is 0.439 bits per heavy atom. The van der Waals surface area contributed by atoms with Gasteiger partial charge in [-0.25, -0.2) is 0 Å². The smallest absolute Gasteiger partial charge is 0.0543 e. The van der Waals surface area contributed by atoms with Crippen molar-refractivity contribution < 1.29 is 0 Å². The van der Waals surface area contributed by atoms with Gasteiger partial charge in [-0.3, -0.25) is 0 Å². The van der Waals surface area contributed by atoms with Gasteiger partial charge in [0.2, 0.25) is 0 Å². The number of anilines is 3. The molecule has 1 heterocycles. The zero-order valence-electron chi connectivity index (χ0n) is 34.6. The quantitative estimate of drug-likeness (QED) is 0.174. The van der Waals surface area contributed by atoms with Crippen LogP contribution in [0.15, 0.2) is 133 Å². The van der Waals surface area contributed by atoms with Gasteiger partial charge in [-0.05, 0) is 121 Å². The molecule has 0 N–H and O–H groups in total. The molecule has 0 saturated heterocycles. The van der Waals surface area contributed by atoms with Crippen molar-refractivity contribution in [2.75, 3.05) is 4.90 Å². The molecule has 57 heavy (non-hydrogen) atoms. The van der Waals surface area contributed by atoms with Crippen LogP contribution in [0.4, 0.5) is 17.1 Å². The third kappa shape index (κ3) is 4.62. The van der Waals surface area contributed by atoms with Crippen LogP contribution in [0.1, 0.15) is 101 Å². The molecule has 7 aromatic carbocycles. The highest BCUT2D eigenvalue weighted by Crippen LogP contribution is 2.59. The van der Waals surface area contributed by atoms with Crippen molar-refractivity contribution >= 4 is 48.6 Å². The molecule has 280 valence electrons. The average molecular weight is 756 g/mol. The molecule has 0 saturated carbocycles. The Morgan fingerprint density at radius 3 is 1.54 bits per heavy atom. The molecule has 0 fully saturated rings. The number of fused-ring (bicyclic) bond motifs is 13. The molecule has 11 rings (SSSR count). The monoisotopic (exact) mass is 755 g/mol. The van der Waals surface area contributed by atoms with Crippen LogP contribution in [0.25, 0.3) is 53.6 Å². The molecule has 3 aliphatic rings. The van der Waals surface area contributed by atoms with Crippen LogP contribution in [0.3, 0.4) is 0 Å². The number of thiophene rings is 1. The zero-order chi connectivity index (χ0) is 39.4. The minimum absolute atomic E-state index is 0.0571. The molecular formula is C55H49NS. The molecule has 1 aromatic heterocycles. The second-order valence-electron chi connectivity index (χ2n) is 19.4. The zero-order valence-corrected chi connectivity index (χ0v) is 35.4. The summed E-state index contributed by atoms with van der Waals surface area (Å²) in [5.74, 6) is 0. The van der Waals surface area contributed by atoms with Gasteiger partial charge in [-0.15, -0.1) is 11.3 Å². The first kappa shape index (κ1) is 34.8. The second kappa shape index (κ2) is 11.4. The highest BCUT2D eigenvalue weighted by Gasteiger charge is 2.42. The molecule has 2 heteroatoms. The van der Waals surface area contributed by atoms with E-state index in [9.17, 15) is 0 Å². The van der Waals surface area contributed by atoms with Gasteiger partial charge >= 0.3 is 0 Å². The summed E-state index contributed by atoms with van der Waals surface area (Å²) in [6.45, 7) is 21.4. The lowest BCUT2D eigenvalue weighted by Gasteiger charge is -2.31. The highest BCUT2D eigenvalue weighted by atomic mass is 32.1. The minimum atomic E-state index is -0.167. The van der Waals surface area contributed by atoms with Gasteiger partial charge in [0.05, 0.1) is 5.69 Å². The summed E-state index contributed by atoms with van der Waals surface area (Å²) in [6, 6.07) is 51.6. The SMILES string of the molecule is CC(C)(C)c1ccc2sc3ccc4c(c3c2c1)-c1c(N(c2ccc3c(c2)C(C)(C)c2ccccc2-3)c2ccc3c(c2)C(C)(C)c2ccccc2-3)cccc1C4(C)C. The molecule has 0 unspecified atom stereocenters. The first-order valence-corrected chi connectivity index (χ1v) is 21.4. The van der Waals surface area contributed by atoms with E-state index in [0.717, 1.165) is 0 Å². The predicted molar refractivity (Wildman–Crippen MR) is 245 cm³/mol. The van der Waals surface area contributed by atoms with Crippen molar-refractivity contribution in [3.05, 3.63) is 172 Å². The summed E-state index contributed by atoms with van der Waals surface area (Å²) < 4.78 is 2.71. The average Bonchev–Trinajstić information content (AvgIpc) is 3.83. The maximum absolute atomic E-state index is 2.59. The van der Waals surface area contributed by atoms with E-state index < -0.39 is 0 Å². The Kier molecular flexibility index (Phi) is 6.93. The molecule has 0 bridgehead atoms. The lowest BCUT2D eigenvalue weighted by Crippen LogP contribution is -2.18. The molecule has 3 aliphatic carbocycles. The summed E-state index contributed by atoms with van der Waals surface area (Å²) >= 11 is 1.93. The van der Waals surface area contributed by atoms with Crippen molar-refractivity contribution in [3.8, 4) is 33.4 Å². The van der Waals surface area contributed by atoms with Crippen molar-refractivity contribution in [2.45, 2.75) is 84.0 Å². The summed E-state index contributed by atoms with van der Waals surface area (Å²) in [5, 5.41) is 2.77. The second-order valence-corrected chi connectivity index (χ2v) is 20.5. The predicted octanol–water partition coefficient (Wildman–Crippen LogP) is 15.7.